The fourth-order valence-corrected chi connectivity index (χ4v) is 0.107. The van der Waals surface area contributed by atoms with Gasteiger partial charge in [0.25, 0.3) is 0 Å². The first kappa shape index (κ1) is 12.9. The zero-order valence-corrected chi connectivity index (χ0v) is 6.33. The summed E-state index contributed by atoms with van der Waals surface area (Å²) in [6.45, 7) is 0. The normalized spacial score (nSPS) is 12.4. The Kier molecular flexibility index (Phi) is 4.67. The predicted octanol–water partition coefficient (Wildman–Crippen LogP) is 0.735. The topological polar surface area (TPSA) is 43.4 Å². The van der Waals surface area contributed by atoms with Gasteiger partial charge in [0.2, 0.25) is 0 Å². The molecule has 0 amide bonds. The van der Waals surface area contributed by atoms with Crippen LogP contribution in [-0.4, -0.2) is 13.9 Å². The van der Waals surface area contributed by atoms with Crippen molar-refractivity contribution in [3.05, 3.63) is 0 Å². The Morgan fingerprint density at radius 2 is 1.50 bits per heavy atom. The molecule has 0 aromatic rings. The van der Waals surface area contributed by atoms with Crippen molar-refractivity contribution in [2.45, 2.75) is 5.51 Å². The molecule has 0 aromatic heterocycles. The Labute approximate surface area is 67.0 Å². The van der Waals surface area contributed by atoms with E-state index in [1.165, 1.54) is 0 Å². The molecule has 0 unspecified atom stereocenters. The largest absolute Gasteiger partial charge is 0.525 e. The fraction of sp³-hybridized carbons (Fsp3) is 1.00. The minimum absolute atomic E-state index is 0. The summed E-state index contributed by atoms with van der Waals surface area (Å²) in [5.41, 5.74) is -5.68. The average Bonchev–Trinajstić information content (AvgIpc) is 1.64. The molecule has 0 atom stereocenters. The number of hydrogen-bond acceptors (Lipinski definition) is 3. The van der Waals surface area contributed by atoms with Crippen LogP contribution in [0, 0.1) is 0 Å². The molecule has 0 fully saturated rings. The van der Waals surface area contributed by atoms with E-state index in [2.05, 4.69) is 0 Å². The van der Waals surface area contributed by atoms with Crippen molar-refractivity contribution in [2.75, 3.05) is 0 Å². The van der Waals surface area contributed by atoms with Crippen molar-refractivity contribution in [1.82, 2.24) is 0 Å². The number of rotatable bonds is 1. The van der Waals surface area contributed by atoms with Gasteiger partial charge in [-0.15, -0.1) is 0 Å². The summed E-state index contributed by atoms with van der Waals surface area (Å²) in [6, 6.07) is 0. The standard InChI is InChI=1S/CF4O3S.Pd/c2-1(3,4)9(6,7)8-5;. The molecular formula is CF4O3PdS. The third-order valence-electron chi connectivity index (χ3n) is 0.366. The minimum atomic E-state index is -6.00. The van der Waals surface area contributed by atoms with Crippen LogP contribution < -0.4 is 0 Å². The summed E-state index contributed by atoms with van der Waals surface area (Å²) in [6.07, 6.45) is 0. The van der Waals surface area contributed by atoms with Crippen LogP contribution in [0.15, 0.2) is 0 Å². The molecule has 0 saturated heterocycles. The summed E-state index contributed by atoms with van der Waals surface area (Å²) in [4.78, 5) is 0. The number of hydrogen-bond donors (Lipinski definition) is 0. The van der Waals surface area contributed by atoms with E-state index in [-0.39, 0.29) is 20.4 Å². The summed E-state index contributed by atoms with van der Waals surface area (Å²) < 4.78 is 63.3. The molecule has 9 heteroatoms. The van der Waals surface area contributed by atoms with Crippen LogP contribution in [0.4, 0.5) is 17.7 Å². The van der Waals surface area contributed by atoms with Crippen LogP contribution in [0.25, 0.3) is 0 Å². The van der Waals surface area contributed by atoms with Gasteiger partial charge in [-0.05, 0) is 4.53 Å². The van der Waals surface area contributed by atoms with Crippen molar-refractivity contribution in [3.63, 3.8) is 0 Å². The quantitative estimate of drug-likeness (QED) is 0.402. The first-order valence-electron chi connectivity index (χ1n) is 1.43. The van der Waals surface area contributed by atoms with Gasteiger partial charge in [0.15, 0.2) is 0 Å². The second-order valence-corrected chi connectivity index (χ2v) is 2.46. The van der Waals surface area contributed by atoms with Gasteiger partial charge in [-0.2, -0.15) is 21.6 Å². The SMILES string of the molecule is O=S(=O)(OF)C(F)(F)F.[Pd]. The van der Waals surface area contributed by atoms with Gasteiger partial charge < -0.3 is 0 Å². The van der Waals surface area contributed by atoms with E-state index in [9.17, 15) is 26.1 Å². The van der Waals surface area contributed by atoms with Crippen molar-refractivity contribution in [3.8, 4) is 0 Å². The first-order chi connectivity index (χ1) is 3.81. The molecule has 0 spiro atoms. The van der Waals surface area contributed by atoms with E-state index in [0.29, 0.717) is 0 Å². The summed E-state index contributed by atoms with van der Waals surface area (Å²) in [5, 5.41) is 0. The maximum Gasteiger partial charge on any atom is 0.525 e. The molecule has 0 bridgehead atoms. The van der Waals surface area contributed by atoms with Crippen LogP contribution in [0.3, 0.4) is 0 Å². The van der Waals surface area contributed by atoms with Gasteiger partial charge in [0, 0.05) is 20.4 Å². The monoisotopic (exact) mass is 274 g/mol. The second kappa shape index (κ2) is 3.62. The predicted molar refractivity (Wildman–Crippen MR) is 17.2 cm³/mol. The van der Waals surface area contributed by atoms with E-state index in [4.69, 9.17) is 0 Å². The molecule has 0 aromatic carbocycles. The van der Waals surface area contributed by atoms with Gasteiger partial charge in [-0.3, -0.25) is 0 Å². The maximum absolute atomic E-state index is 10.9. The Bertz CT molecular complexity index is 181. The third-order valence-corrected chi connectivity index (χ3v) is 1.10. The van der Waals surface area contributed by atoms with Crippen LogP contribution in [0.1, 0.15) is 0 Å². The second-order valence-electron chi connectivity index (χ2n) is 0.963. The third kappa shape index (κ3) is 2.92. The Morgan fingerprint density at radius 1 is 1.20 bits per heavy atom. The molecule has 0 saturated carbocycles. The average molecular weight is 274 g/mol. The first-order valence-corrected chi connectivity index (χ1v) is 2.83. The zero-order valence-electron chi connectivity index (χ0n) is 3.96. The van der Waals surface area contributed by atoms with Crippen LogP contribution >= 0.6 is 0 Å². The summed E-state index contributed by atoms with van der Waals surface area (Å²) in [5.74, 6) is 0. The molecule has 0 heterocycles. The van der Waals surface area contributed by atoms with Gasteiger partial charge in [-0.25, -0.2) is 0 Å². The molecular weight excluding hydrogens is 274 g/mol. The van der Waals surface area contributed by atoms with Gasteiger partial charge in [0.1, 0.15) is 0 Å². The minimum Gasteiger partial charge on any atom is -0.187 e. The van der Waals surface area contributed by atoms with Crippen molar-refractivity contribution in [2.24, 2.45) is 0 Å². The van der Waals surface area contributed by atoms with E-state index in [1.807, 2.05) is 0 Å². The Hall–Kier alpha value is 0.292. The number of halogens is 4. The molecule has 66 valence electrons. The molecule has 0 radical (unpaired) electrons. The number of alkyl halides is 3. The van der Waals surface area contributed by atoms with Crippen LogP contribution in [0.5, 0.6) is 0 Å². The van der Waals surface area contributed by atoms with Crippen molar-refractivity contribution < 1.29 is 50.9 Å². The summed E-state index contributed by atoms with van der Waals surface area (Å²) >= 11 is 0. The Balaban J connectivity index is 0. The van der Waals surface area contributed by atoms with Crippen LogP contribution in [0.2, 0.25) is 0 Å². The van der Waals surface area contributed by atoms with Gasteiger partial charge in [-0.1, -0.05) is 4.39 Å². The molecule has 0 N–H and O–H groups in total. The van der Waals surface area contributed by atoms with Gasteiger partial charge in [0.05, 0.1) is 0 Å². The zero-order chi connectivity index (χ0) is 7.71. The molecule has 10 heavy (non-hydrogen) atoms. The van der Waals surface area contributed by atoms with E-state index in [0.717, 1.165) is 0 Å². The smallest absolute Gasteiger partial charge is 0.187 e. The molecule has 0 aliphatic carbocycles. The van der Waals surface area contributed by atoms with E-state index >= 15 is 0 Å². The molecule has 0 aliphatic heterocycles. The molecule has 0 rings (SSSR count). The molecule has 0 aliphatic rings. The van der Waals surface area contributed by atoms with Crippen LogP contribution in [-0.2, 0) is 34.9 Å². The summed E-state index contributed by atoms with van der Waals surface area (Å²) in [7, 11) is -6.00. The van der Waals surface area contributed by atoms with Gasteiger partial charge >= 0.3 is 15.6 Å². The van der Waals surface area contributed by atoms with Crippen molar-refractivity contribution >= 4 is 10.1 Å². The maximum atomic E-state index is 10.9. The fourth-order valence-electron chi connectivity index (χ4n) is 0.0357. The van der Waals surface area contributed by atoms with E-state index in [1.54, 1.807) is 4.39 Å². The molecule has 3 nitrogen and oxygen atoms in total. The van der Waals surface area contributed by atoms with E-state index < -0.39 is 15.6 Å². The Morgan fingerprint density at radius 3 is 1.50 bits per heavy atom. The van der Waals surface area contributed by atoms with Crippen molar-refractivity contribution in [1.29, 1.82) is 0 Å².